The maximum Gasteiger partial charge on any atom is 0.266 e. The number of rotatable bonds is 5. The van der Waals surface area contributed by atoms with Gasteiger partial charge in [-0.3, -0.25) is 18.7 Å². The minimum Gasteiger partial charge on any atom is -0.299 e. The fraction of sp³-hybridized carbons (Fsp3) is 0.185. The molecule has 0 aliphatic rings. The summed E-state index contributed by atoms with van der Waals surface area (Å²) in [6, 6.07) is 22.7. The van der Waals surface area contributed by atoms with E-state index in [-0.39, 0.29) is 17.0 Å². The Morgan fingerprint density at radius 1 is 0.794 bits per heavy atom. The second-order valence-corrected chi connectivity index (χ2v) is 9.41. The van der Waals surface area contributed by atoms with Crippen molar-refractivity contribution in [1.29, 1.82) is 0 Å². The molecule has 0 radical (unpaired) electrons. The predicted octanol–water partition coefficient (Wildman–Crippen LogP) is 5.05. The third-order valence-electron chi connectivity index (χ3n) is 5.95. The van der Waals surface area contributed by atoms with Gasteiger partial charge in [0.05, 0.1) is 33.2 Å². The van der Waals surface area contributed by atoms with Crippen LogP contribution in [-0.4, -0.2) is 19.1 Å². The Bertz CT molecular complexity index is 1650. The highest BCUT2D eigenvalue weighted by molar-refractivity contribution is 7.98. The van der Waals surface area contributed by atoms with E-state index in [1.165, 1.54) is 11.8 Å². The first kappa shape index (κ1) is 22.1. The third-order valence-corrected chi connectivity index (χ3v) is 6.89. The number of hydrogen-bond acceptors (Lipinski definition) is 5. The predicted molar refractivity (Wildman–Crippen MR) is 138 cm³/mol. The zero-order valence-electron chi connectivity index (χ0n) is 19.2. The number of thioether (sulfide) groups is 1. The summed E-state index contributed by atoms with van der Waals surface area (Å²) in [6.45, 7) is 4.22. The molecule has 170 valence electrons. The minimum absolute atomic E-state index is 0.0878. The second-order valence-electron chi connectivity index (χ2n) is 8.46. The lowest BCUT2D eigenvalue weighted by Gasteiger charge is -2.18. The van der Waals surface area contributed by atoms with Gasteiger partial charge in [-0.1, -0.05) is 68.1 Å². The van der Waals surface area contributed by atoms with Crippen molar-refractivity contribution < 1.29 is 0 Å². The van der Waals surface area contributed by atoms with E-state index in [0.717, 1.165) is 11.3 Å². The molecule has 5 aromatic rings. The number of hydrogen-bond donors (Lipinski definition) is 0. The van der Waals surface area contributed by atoms with Gasteiger partial charge in [-0.25, -0.2) is 9.97 Å². The Hall–Kier alpha value is -3.71. The second kappa shape index (κ2) is 8.91. The van der Waals surface area contributed by atoms with E-state index < -0.39 is 0 Å². The van der Waals surface area contributed by atoms with Crippen molar-refractivity contribution in [3.8, 4) is 5.69 Å². The zero-order chi connectivity index (χ0) is 23.8. The number of nitrogens with zero attached hydrogens (tertiary/aromatic N) is 4. The smallest absolute Gasteiger partial charge is 0.266 e. The Kier molecular flexibility index (Phi) is 5.79. The molecule has 6 nitrogen and oxygen atoms in total. The Morgan fingerprint density at radius 2 is 1.38 bits per heavy atom. The monoisotopic (exact) mass is 468 g/mol. The maximum absolute atomic E-state index is 13.7. The fourth-order valence-electron chi connectivity index (χ4n) is 4.12. The summed E-state index contributed by atoms with van der Waals surface area (Å²) in [5, 5.41) is 1.73. The lowest BCUT2D eigenvalue weighted by atomic mass is 10.0. The van der Waals surface area contributed by atoms with Crippen LogP contribution in [0.5, 0.6) is 0 Å². The van der Waals surface area contributed by atoms with Crippen LogP contribution < -0.4 is 11.1 Å². The van der Waals surface area contributed by atoms with Gasteiger partial charge >= 0.3 is 0 Å². The summed E-state index contributed by atoms with van der Waals surface area (Å²) in [7, 11) is 1.73. The average Bonchev–Trinajstić information content (AvgIpc) is 2.85. The zero-order valence-corrected chi connectivity index (χ0v) is 20.0. The molecule has 0 unspecified atom stereocenters. The van der Waals surface area contributed by atoms with E-state index in [0.29, 0.717) is 38.5 Å². The van der Waals surface area contributed by atoms with Gasteiger partial charge in [-0.05, 0) is 41.8 Å². The van der Waals surface area contributed by atoms with Crippen molar-refractivity contribution >= 4 is 33.6 Å². The molecular weight excluding hydrogens is 444 g/mol. The van der Waals surface area contributed by atoms with Gasteiger partial charge in [0.1, 0.15) is 5.82 Å². The average molecular weight is 469 g/mol. The van der Waals surface area contributed by atoms with Crippen molar-refractivity contribution in [2.75, 3.05) is 0 Å². The standard InChI is InChI=1S/C27H24N4O2S/c1-17(2)18-10-6-9-15-23(18)31-26(33)20-12-5-8-14-22(20)29-27(31)34-16-24-28-21-13-7-4-11-19(21)25(32)30(24)3/h4-15,17H,16H2,1-3H3. The largest absolute Gasteiger partial charge is 0.299 e. The lowest BCUT2D eigenvalue weighted by Crippen LogP contribution is -2.24. The van der Waals surface area contributed by atoms with E-state index in [9.17, 15) is 9.59 Å². The van der Waals surface area contributed by atoms with Crippen LogP contribution in [0.25, 0.3) is 27.5 Å². The summed E-state index contributed by atoms with van der Waals surface area (Å²) >= 11 is 1.41. The van der Waals surface area contributed by atoms with E-state index >= 15 is 0 Å². The fourth-order valence-corrected chi connectivity index (χ4v) is 5.11. The molecule has 0 bridgehead atoms. The Balaban J connectivity index is 1.67. The molecule has 2 heterocycles. The summed E-state index contributed by atoms with van der Waals surface area (Å²) in [6.07, 6.45) is 0. The van der Waals surface area contributed by atoms with Gasteiger partial charge < -0.3 is 0 Å². The maximum atomic E-state index is 13.7. The molecule has 0 atom stereocenters. The topological polar surface area (TPSA) is 69.8 Å². The first-order valence-electron chi connectivity index (χ1n) is 11.1. The van der Waals surface area contributed by atoms with Crippen LogP contribution in [0.15, 0.2) is 87.5 Å². The van der Waals surface area contributed by atoms with Crippen molar-refractivity contribution in [1.82, 2.24) is 19.1 Å². The summed E-state index contributed by atoms with van der Waals surface area (Å²) in [5.74, 6) is 1.25. The highest BCUT2D eigenvalue weighted by Crippen LogP contribution is 2.28. The van der Waals surface area contributed by atoms with E-state index in [2.05, 4.69) is 13.8 Å². The first-order chi connectivity index (χ1) is 16.5. The normalized spacial score (nSPS) is 11.5. The van der Waals surface area contributed by atoms with E-state index in [4.69, 9.17) is 9.97 Å². The number of fused-ring (bicyclic) bond motifs is 2. The van der Waals surface area contributed by atoms with Gasteiger partial charge in [0, 0.05) is 7.05 Å². The minimum atomic E-state index is -0.110. The molecule has 3 aromatic carbocycles. The van der Waals surface area contributed by atoms with E-state index in [1.807, 2.05) is 66.7 Å². The molecule has 5 rings (SSSR count). The molecule has 0 spiro atoms. The van der Waals surface area contributed by atoms with Crippen molar-refractivity contribution in [3.05, 3.63) is 105 Å². The molecule has 2 aromatic heterocycles. The number of para-hydroxylation sites is 3. The van der Waals surface area contributed by atoms with Crippen LogP contribution in [0.3, 0.4) is 0 Å². The summed E-state index contributed by atoms with van der Waals surface area (Å²) in [5.41, 5.74) is 3.00. The lowest BCUT2D eigenvalue weighted by molar-refractivity contribution is 0.769. The van der Waals surface area contributed by atoms with Gasteiger partial charge in [-0.15, -0.1) is 0 Å². The van der Waals surface area contributed by atoms with Gasteiger partial charge in [-0.2, -0.15) is 0 Å². The molecule has 0 amide bonds. The molecule has 0 aliphatic carbocycles. The van der Waals surface area contributed by atoms with Crippen LogP contribution in [-0.2, 0) is 12.8 Å². The van der Waals surface area contributed by atoms with Gasteiger partial charge in [0.25, 0.3) is 11.1 Å². The molecular formula is C27H24N4O2S. The summed E-state index contributed by atoms with van der Waals surface area (Å²) in [4.78, 5) is 36.1. The van der Waals surface area contributed by atoms with Crippen LogP contribution in [0, 0.1) is 0 Å². The van der Waals surface area contributed by atoms with Crippen LogP contribution in [0.2, 0.25) is 0 Å². The molecule has 34 heavy (non-hydrogen) atoms. The molecule has 0 saturated heterocycles. The van der Waals surface area contributed by atoms with Gasteiger partial charge in [0.2, 0.25) is 0 Å². The molecule has 0 aliphatic heterocycles. The Labute approximate surface area is 200 Å². The van der Waals surface area contributed by atoms with Gasteiger partial charge in [0.15, 0.2) is 5.16 Å². The molecule has 7 heteroatoms. The highest BCUT2D eigenvalue weighted by atomic mass is 32.2. The van der Waals surface area contributed by atoms with Crippen LogP contribution >= 0.6 is 11.8 Å². The SMILES string of the molecule is CC(C)c1ccccc1-n1c(SCc2nc3ccccc3c(=O)n2C)nc2ccccc2c1=O. The van der Waals surface area contributed by atoms with E-state index in [1.54, 1.807) is 22.2 Å². The molecule has 0 N–H and O–H groups in total. The first-order valence-corrected chi connectivity index (χ1v) is 12.1. The number of benzene rings is 3. The third kappa shape index (κ3) is 3.82. The van der Waals surface area contributed by atoms with Crippen molar-refractivity contribution in [3.63, 3.8) is 0 Å². The van der Waals surface area contributed by atoms with Crippen LogP contribution in [0.1, 0.15) is 31.2 Å². The van der Waals surface area contributed by atoms with Crippen LogP contribution in [0.4, 0.5) is 0 Å². The molecule has 0 fully saturated rings. The number of aromatic nitrogens is 4. The highest BCUT2D eigenvalue weighted by Gasteiger charge is 2.18. The quantitative estimate of drug-likeness (QED) is 0.267. The Morgan fingerprint density at radius 3 is 2.09 bits per heavy atom. The summed E-state index contributed by atoms with van der Waals surface area (Å²) < 4.78 is 3.27. The van der Waals surface area contributed by atoms with Crippen molar-refractivity contribution in [2.45, 2.75) is 30.7 Å². The van der Waals surface area contributed by atoms with Crippen molar-refractivity contribution in [2.24, 2.45) is 7.05 Å². The molecule has 0 saturated carbocycles.